The zero-order chi connectivity index (χ0) is 17.5. The second-order valence-corrected chi connectivity index (χ2v) is 4.53. The Kier molecular flexibility index (Phi) is 4.01. The van der Waals surface area contributed by atoms with E-state index < -0.39 is 51.3 Å². The zero-order valence-corrected chi connectivity index (χ0v) is 11.3. The molecule has 2 unspecified atom stereocenters. The largest absolute Gasteiger partial charge is 0.506 e. The lowest BCUT2D eigenvalue weighted by Gasteiger charge is -2.25. The van der Waals surface area contributed by atoms with Crippen molar-refractivity contribution in [1.29, 1.82) is 0 Å². The second-order valence-electron chi connectivity index (χ2n) is 4.53. The zero-order valence-electron chi connectivity index (χ0n) is 11.3. The number of halogens is 5. The smallest absolute Gasteiger partial charge is 0.448 e. The van der Waals surface area contributed by atoms with Crippen LogP contribution in [0.15, 0.2) is 35.6 Å². The average Bonchev–Trinajstić information content (AvgIpc) is 2.52. The van der Waals surface area contributed by atoms with Gasteiger partial charge in [0.05, 0.1) is 17.6 Å². The van der Waals surface area contributed by atoms with E-state index in [1.54, 1.807) is 0 Å². The van der Waals surface area contributed by atoms with Gasteiger partial charge in [0.25, 0.3) is 6.17 Å². The maximum atomic E-state index is 14.1. The van der Waals surface area contributed by atoms with Crippen molar-refractivity contribution in [3.8, 4) is 5.75 Å². The molecule has 0 saturated heterocycles. The van der Waals surface area contributed by atoms with Gasteiger partial charge in [-0.15, -0.1) is 0 Å². The van der Waals surface area contributed by atoms with E-state index >= 15 is 0 Å². The normalized spacial score (nSPS) is 24.9. The van der Waals surface area contributed by atoms with Gasteiger partial charge in [-0.1, -0.05) is 0 Å². The van der Waals surface area contributed by atoms with Crippen LogP contribution in [0.2, 0.25) is 0 Å². The number of benzene rings is 1. The molecule has 0 radical (unpaired) electrons. The lowest BCUT2D eigenvalue weighted by atomic mass is 9.90. The molecule has 0 bridgehead atoms. The van der Waals surface area contributed by atoms with E-state index in [0.717, 1.165) is 12.1 Å². The van der Waals surface area contributed by atoms with Crippen LogP contribution in [-0.2, 0) is 0 Å². The number of aliphatic hydroxyl groups excluding tert-OH is 1. The molecule has 1 aromatic rings. The predicted molar refractivity (Wildman–Crippen MR) is 67.5 cm³/mol. The molecule has 124 valence electrons. The minimum atomic E-state index is -4.57. The molecule has 5 nitrogen and oxygen atoms in total. The summed E-state index contributed by atoms with van der Waals surface area (Å²) in [6.07, 6.45) is -3.61. The van der Waals surface area contributed by atoms with E-state index in [9.17, 15) is 37.2 Å². The van der Waals surface area contributed by atoms with E-state index in [2.05, 4.69) is 4.74 Å². The summed E-state index contributed by atoms with van der Waals surface area (Å²) >= 11 is 0. The standard InChI is InChI=1S/C13H8F5NO4/c1-23-5-2-3-6(7(14)4-5)8-9(15)10(20)12(17)13(18,11(8)16)19(21)22/h2-4,12,20H,1H3. The molecule has 2 atom stereocenters. The molecule has 1 aliphatic rings. The predicted octanol–water partition coefficient (Wildman–Crippen LogP) is 3.55. The molecule has 1 aliphatic carbocycles. The highest BCUT2D eigenvalue weighted by Crippen LogP contribution is 2.47. The molecule has 0 aliphatic heterocycles. The Hall–Kier alpha value is -2.65. The molecule has 0 saturated carbocycles. The summed E-state index contributed by atoms with van der Waals surface area (Å²) in [6.45, 7) is 0. The van der Waals surface area contributed by atoms with Crippen LogP contribution in [0.3, 0.4) is 0 Å². The third kappa shape index (κ3) is 2.30. The highest BCUT2D eigenvalue weighted by molar-refractivity contribution is 5.82. The first-order valence-electron chi connectivity index (χ1n) is 5.96. The Morgan fingerprint density at radius 1 is 1.35 bits per heavy atom. The second kappa shape index (κ2) is 5.52. The molecular weight excluding hydrogens is 329 g/mol. The molecule has 10 heteroatoms. The minimum Gasteiger partial charge on any atom is -0.506 e. The van der Waals surface area contributed by atoms with Gasteiger partial charge in [0.1, 0.15) is 11.6 Å². The number of rotatable bonds is 3. The van der Waals surface area contributed by atoms with Crippen LogP contribution in [0.1, 0.15) is 5.56 Å². The SMILES string of the molecule is COc1ccc(C2=C(F)C(F)([N+](=O)[O-])C(F)C(O)=C2F)c(F)c1. The van der Waals surface area contributed by atoms with Gasteiger partial charge in [-0.05, 0) is 12.1 Å². The van der Waals surface area contributed by atoms with Gasteiger partial charge >= 0.3 is 5.79 Å². The van der Waals surface area contributed by atoms with E-state index in [4.69, 9.17) is 0 Å². The van der Waals surface area contributed by atoms with Crippen LogP contribution in [0, 0.1) is 15.9 Å². The molecular formula is C13H8F5NO4. The monoisotopic (exact) mass is 337 g/mol. The maximum Gasteiger partial charge on any atom is 0.448 e. The Morgan fingerprint density at radius 2 is 1.96 bits per heavy atom. The van der Waals surface area contributed by atoms with Crippen LogP contribution in [0.4, 0.5) is 22.0 Å². The Bertz CT molecular complexity index is 748. The van der Waals surface area contributed by atoms with E-state index in [-0.39, 0.29) is 5.75 Å². The fourth-order valence-electron chi connectivity index (χ4n) is 2.04. The molecule has 1 N–H and O–H groups in total. The fourth-order valence-corrected chi connectivity index (χ4v) is 2.04. The van der Waals surface area contributed by atoms with Crippen molar-refractivity contribution in [2.75, 3.05) is 7.11 Å². The Morgan fingerprint density at radius 3 is 2.43 bits per heavy atom. The molecule has 0 amide bonds. The van der Waals surface area contributed by atoms with Crippen molar-refractivity contribution < 1.29 is 36.7 Å². The van der Waals surface area contributed by atoms with Crippen LogP contribution in [0.25, 0.3) is 5.57 Å². The van der Waals surface area contributed by atoms with Gasteiger partial charge in [-0.2, -0.15) is 8.78 Å². The van der Waals surface area contributed by atoms with Crippen LogP contribution in [0.5, 0.6) is 5.75 Å². The first kappa shape index (κ1) is 16.7. The van der Waals surface area contributed by atoms with E-state index in [1.165, 1.54) is 7.11 Å². The van der Waals surface area contributed by atoms with Crippen molar-refractivity contribution in [2.24, 2.45) is 0 Å². The summed E-state index contributed by atoms with van der Waals surface area (Å²) in [5.41, 5.74) is -2.51. The lowest BCUT2D eigenvalue weighted by Crippen LogP contribution is -2.47. The number of allylic oxidation sites excluding steroid dienone is 2. The van der Waals surface area contributed by atoms with Crippen molar-refractivity contribution in [3.05, 3.63) is 57.1 Å². The van der Waals surface area contributed by atoms with Gasteiger partial charge in [-0.25, -0.2) is 13.2 Å². The minimum absolute atomic E-state index is 0.0548. The van der Waals surface area contributed by atoms with Gasteiger partial charge in [0.15, 0.2) is 11.6 Å². The number of hydrogen-bond acceptors (Lipinski definition) is 4. The lowest BCUT2D eigenvalue weighted by molar-refractivity contribution is -0.604. The number of aliphatic hydroxyl groups is 1. The summed E-state index contributed by atoms with van der Waals surface area (Å²) in [6, 6.07) is 2.46. The number of nitrogens with zero attached hydrogens (tertiary/aromatic N) is 1. The molecule has 23 heavy (non-hydrogen) atoms. The van der Waals surface area contributed by atoms with Gasteiger partial charge < -0.3 is 9.84 Å². The van der Waals surface area contributed by atoms with E-state index in [0.29, 0.717) is 6.07 Å². The van der Waals surface area contributed by atoms with Crippen molar-refractivity contribution in [2.45, 2.75) is 12.0 Å². The summed E-state index contributed by atoms with van der Waals surface area (Å²) in [5.74, 6) is -12.5. The number of alkyl halides is 2. The van der Waals surface area contributed by atoms with Crippen LogP contribution in [-0.4, -0.2) is 29.1 Å². The van der Waals surface area contributed by atoms with Crippen molar-refractivity contribution in [1.82, 2.24) is 0 Å². The molecule has 0 fully saturated rings. The number of hydrogen-bond donors (Lipinski definition) is 1. The number of methoxy groups -OCH3 is 1. The van der Waals surface area contributed by atoms with Crippen molar-refractivity contribution >= 4 is 5.57 Å². The summed E-state index contributed by atoms with van der Waals surface area (Å²) in [4.78, 5) is 8.66. The molecule has 2 rings (SSSR count). The molecule has 0 spiro atoms. The van der Waals surface area contributed by atoms with Gasteiger partial charge in [-0.3, -0.25) is 10.1 Å². The van der Waals surface area contributed by atoms with Crippen molar-refractivity contribution in [3.63, 3.8) is 0 Å². The number of ether oxygens (including phenoxy) is 1. The highest BCUT2D eigenvalue weighted by Gasteiger charge is 2.64. The van der Waals surface area contributed by atoms with Gasteiger partial charge in [0, 0.05) is 11.6 Å². The first-order valence-corrected chi connectivity index (χ1v) is 5.96. The van der Waals surface area contributed by atoms with Crippen LogP contribution < -0.4 is 4.74 Å². The molecule has 0 aromatic heterocycles. The quantitative estimate of drug-likeness (QED) is 0.396. The van der Waals surface area contributed by atoms with E-state index in [1.807, 2.05) is 0 Å². The molecule has 1 aromatic carbocycles. The highest BCUT2D eigenvalue weighted by atomic mass is 19.2. The third-order valence-corrected chi connectivity index (χ3v) is 3.26. The molecule has 0 heterocycles. The fraction of sp³-hybridized carbons (Fsp3) is 0.231. The maximum absolute atomic E-state index is 14.1. The first-order chi connectivity index (χ1) is 10.7. The Balaban J connectivity index is 2.77. The summed E-state index contributed by atoms with van der Waals surface area (Å²) < 4.78 is 74.2. The summed E-state index contributed by atoms with van der Waals surface area (Å²) in [7, 11) is 1.17. The third-order valence-electron chi connectivity index (χ3n) is 3.26. The van der Waals surface area contributed by atoms with Gasteiger partial charge in [0.2, 0.25) is 5.83 Å². The van der Waals surface area contributed by atoms with Crippen LogP contribution >= 0.6 is 0 Å². The Labute approximate surface area is 125 Å². The topological polar surface area (TPSA) is 72.6 Å². The average molecular weight is 337 g/mol. The summed E-state index contributed by atoms with van der Waals surface area (Å²) in [5, 5.41) is 19.9. The number of nitro groups is 1.